The molecule has 0 atom stereocenters. The van der Waals surface area contributed by atoms with Crippen LogP contribution in [-0.2, 0) is 13.3 Å². The molecule has 39 heavy (non-hydrogen) atoms. The van der Waals surface area contributed by atoms with E-state index in [9.17, 15) is 18.4 Å². The van der Waals surface area contributed by atoms with Crippen molar-refractivity contribution in [1.82, 2.24) is 24.5 Å². The molecule has 10 nitrogen and oxygen atoms in total. The number of hydrogen-bond donors (Lipinski definition) is 2. The molecule has 1 aromatic carbocycles. The third-order valence-electron chi connectivity index (χ3n) is 6.04. The molecular weight excluding hydrogens is 528 g/mol. The molecule has 3 N–H and O–H groups in total. The van der Waals surface area contributed by atoms with E-state index in [-0.39, 0.29) is 27.8 Å². The summed E-state index contributed by atoms with van der Waals surface area (Å²) in [5, 5.41) is 11.6. The van der Waals surface area contributed by atoms with E-state index in [0.717, 1.165) is 17.0 Å². The average Bonchev–Trinajstić information content (AvgIpc) is 3.64. The second-order valence-electron chi connectivity index (χ2n) is 8.49. The highest BCUT2D eigenvalue weighted by atomic mass is 32.1. The number of rotatable bonds is 9. The van der Waals surface area contributed by atoms with Gasteiger partial charge in [-0.2, -0.15) is 10.2 Å². The summed E-state index contributed by atoms with van der Waals surface area (Å²) in [5.41, 5.74) is 6.94. The van der Waals surface area contributed by atoms with Gasteiger partial charge in [0.25, 0.3) is 18.2 Å². The lowest BCUT2D eigenvalue weighted by Crippen LogP contribution is -2.18. The quantitative estimate of drug-likeness (QED) is 0.265. The molecule has 0 fully saturated rings. The van der Waals surface area contributed by atoms with Gasteiger partial charge in [-0.25, -0.2) is 18.4 Å². The van der Waals surface area contributed by atoms with E-state index in [4.69, 9.17) is 10.5 Å². The van der Waals surface area contributed by atoms with Crippen molar-refractivity contribution in [1.29, 1.82) is 0 Å². The van der Waals surface area contributed by atoms with Crippen LogP contribution < -0.4 is 15.8 Å². The monoisotopic (exact) mass is 551 g/mol. The second-order valence-corrected chi connectivity index (χ2v) is 9.49. The number of carbonyl (C=O) groups is 2. The maximum Gasteiger partial charge on any atom is 0.280 e. The number of hydrogen-bond acceptors (Lipinski definition) is 7. The van der Waals surface area contributed by atoms with Crippen molar-refractivity contribution in [3.63, 3.8) is 0 Å². The SMILES string of the molecule is CCn1ncc(-c2cc(C(F)F)nc3sc(C(N)=O)c(NC(=O)c4ccn(COc5ccccc5)n4)c23)c1C. The Kier molecular flexibility index (Phi) is 7.07. The Labute approximate surface area is 225 Å². The Morgan fingerprint density at radius 1 is 1.18 bits per heavy atom. The number of thiophene rings is 1. The number of nitrogens with two attached hydrogens (primary N) is 1. The van der Waals surface area contributed by atoms with Gasteiger partial charge in [0.1, 0.15) is 21.2 Å². The smallest absolute Gasteiger partial charge is 0.280 e. The van der Waals surface area contributed by atoms with Gasteiger partial charge in [-0.1, -0.05) is 18.2 Å². The zero-order valence-corrected chi connectivity index (χ0v) is 21.7. The van der Waals surface area contributed by atoms with E-state index < -0.39 is 23.9 Å². The largest absolute Gasteiger partial charge is 0.471 e. The Hall–Kier alpha value is -4.65. The van der Waals surface area contributed by atoms with Gasteiger partial charge < -0.3 is 15.8 Å². The van der Waals surface area contributed by atoms with E-state index in [1.807, 2.05) is 32.0 Å². The molecule has 0 unspecified atom stereocenters. The molecule has 0 bridgehead atoms. The maximum atomic E-state index is 13.8. The van der Waals surface area contributed by atoms with Crippen molar-refractivity contribution >= 4 is 39.1 Å². The minimum atomic E-state index is -2.85. The Balaban J connectivity index is 1.54. The number of carbonyl (C=O) groups excluding carboxylic acids is 2. The van der Waals surface area contributed by atoms with E-state index in [1.165, 1.54) is 16.8 Å². The van der Waals surface area contributed by atoms with Crippen molar-refractivity contribution in [2.45, 2.75) is 33.5 Å². The summed E-state index contributed by atoms with van der Waals surface area (Å²) in [6, 6.07) is 11.9. The zero-order valence-electron chi connectivity index (χ0n) is 20.9. The minimum absolute atomic E-state index is 0.0223. The van der Waals surface area contributed by atoms with E-state index >= 15 is 0 Å². The predicted octanol–water partition coefficient (Wildman–Crippen LogP) is 5.01. The van der Waals surface area contributed by atoms with Crippen LogP contribution in [0.5, 0.6) is 5.75 Å². The van der Waals surface area contributed by atoms with Crippen molar-refractivity contribution < 1.29 is 23.1 Å². The molecule has 2 amide bonds. The minimum Gasteiger partial charge on any atom is -0.471 e. The fraction of sp³-hybridized carbons (Fsp3) is 0.192. The van der Waals surface area contributed by atoms with Crippen molar-refractivity contribution in [2.24, 2.45) is 5.73 Å². The summed E-state index contributed by atoms with van der Waals surface area (Å²) in [6.45, 7) is 4.35. The fourth-order valence-corrected chi connectivity index (χ4v) is 5.17. The molecule has 4 heterocycles. The van der Waals surface area contributed by atoms with Gasteiger partial charge in [0.2, 0.25) is 0 Å². The summed E-state index contributed by atoms with van der Waals surface area (Å²) in [7, 11) is 0. The van der Waals surface area contributed by atoms with Crippen LogP contribution in [0.4, 0.5) is 14.5 Å². The molecule has 4 aromatic heterocycles. The number of nitrogens with zero attached hydrogens (tertiary/aromatic N) is 5. The number of ether oxygens (including phenoxy) is 1. The van der Waals surface area contributed by atoms with Crippen LogP contribution in [0.3, 0.4) is 0 Å². The fourth-order valence-electron chi connectivity index (χ4n) is 4.15. The van der Waals surface area contributed by atoms with E-state index in [0.29, 0.717) is 28.8 Å². The van der Waals surface area contributed by atoms with Gasteiger partial charge in [0.05, 0.1) is 11.9 Å². The number of anilines is 1. The van der Waals surface area contributed by atoms with Crippen LogP contribution in [0.1, 0.15) is 44.9 Å². The van der Waals surface area contributed by atoms with Gasteiger partial charge in [0, 0.05) is 29.4 Å². The van der Waals surface area contributed by atoms with Crippen LogP contribution in [0, 0.1) is 6.92 Å². The summed E-state index contributed by atoms with van der Waals surface area (Å²) >= 11 is 0.832. The number of halogens is 2. The van der Waals surface area contributed by atoms with Crippen LogP contribution in [0.15, 0.2) is 54.9 Å². The predicted molar refractivity (Wildman–Crippen MR) is 142 cm³/mol. The Bertz CT molecular complexity index is 1680. The first kappa shape index (κ1) is 26.0. The number of nitrogens with one attached hydrogen (secondary N) is 1. The number of primary amides is 1. The third-order valence-corrected chi connectivity index (χ3v) is 7.14. The number of aryl methyl sites for hydroxylation is 1. The van der Waals surface area contributed by atoms with Gasteiger partial charge in [-0.15, -0.1) is 11.3 Å². The lowest BCUT2D eigenvalue weighted by Gasteiger charge is -2.10. The highest BCUT2D eigenvalue weighted by molar-refractivity contribution is 7.21. The van der Waals surface area contributed by atoms with Crippen LogP contribution in [0.2, 0.25) is 0 Å². The number of amides is 2. The number of para-hydroxylation sites is 1. The molecule has 13 heteroatoms. The normalized spacial score (nSPS) is 11.3. The molecule has 0 aliphatic carbocycles. The Morgan fingerprint density at radius 2 is 1.95 bits per heavy atom. The number of fused-ring (bicyclic) bond motifs is 1. The molecular formula is C26H23F2N7O3S. The molecule has 0 radical (unpaired) electrons. The topological polar surface area (TPSA) is 130 Å². The molecule has 5 rings (SSSR count). The van der Waals surface area contributed by atoms with Crippen LogP contribution >= 0.6 is 11.3 Å². The summed E-state index contributed by atoms with van der Waals surface area (Å²) < 4.78 is 36.3. The number of alkyl halides is 2. The molecule has 0 spiro atoms. The molecule has 0 saturated carbocycles. The Morgan fingerprint density at radius 3 is 2.62 bits per heavy atom. The highest BCUT2D eigenvalue weighted by Gasteiger charge is 2.27. The molecule has 0 aliphatic heterocycles. The average molecular weight is 552 g/mol. The third kappa shape index (κ3) is 5.08. The van der Waals surface area contributed by atoms with E-state index in [1.54, 1.807) is 29.2 Å². The van der Waals surface area contributed by atoms with Gasteiger partial charge in [-0.3, -0.25) is 14.3 Å². The van der Waals surface area contributed by atoms with Gasteiger partial charge in [-0.05, 0) is 43.7 Å². The van der Waals surface area contributed by atoms with E-state index in [2.05, 4.69) is 20.5 Å². The van der Waals surface area contributed by atoms with Crippen LogP contribution in [-0.4, -0.2) is 36.4 Å². The van der Waals surface area contributed by atoms with Crippen molar-refractivity contribution in [3.8, 4) is 16.9 Å². The maximum absolute atomic E-state index is 13.8. The lowest BCUT2D eigenvalue weighted by molar-refractivity contribution is 0.100. The second kappa shape index (κ2) is 10.6. The number of aromatic nitrogens is 5. The summed E-state index contributed by atoms with van der Waals surface area (Å²) in [6.07, 6.45) is 0.280. The van der Waals surface area contributed by atoms with Gasteiger partial charge in [0.15, 0.2) is 12.4 Å². The number of benzene rings is 1. The summed E-state index contributed by atoms with van der Waals surface area (Å²) in [5.74, 6) is -0.819. The van der Waals surface area contributed by atoms with Crippen molar-refractivity contribution in [2.75, 3.05) is 5.32 Å². The first-order valence-electron chi connectivity index (χ1n) is 11.9. The van der Waals surface area contributed by atoms with Gasteiger partial charge >= 0.3 is 0 Å². The zero-order chi connectivity index (χ0) is 27.7. The molecule has 200 valence electrons. The summed E-state index contributed by atoms with van der Waals surface area (Å²) in [4.78, 5) is 29.8. The first-order chi connectivity index (χ1) is 18.8. The molecule has 5 aromatic rings. The standard InChI is InChI=1S/C26H23F2N7O3S/c1-3-35-14(2)17(12-30-35)16-11-19(23(27)28)31-26-20(16)21(22(39-26)24(29)36)32-25(37)18-9-10-34(33-18)13-38-15-7-5-4-6-8-15/h4-12,23H,3,13H2,1-2H3,(H2,29,36)(H,32,37). The van der Waals surface area contributed by atoms with Crippen molar-refractivity contribution in [3.05, 3.63) is 76.8 Å². The first-order valence-corrected chi connectivity index (χ1v) is 12.7. The molecule has 0 saturated heterocycles. The number of pyridine rings is 1. The molecule has 0 aliphatic rings. The van der Waals surface area contributed by atoms with Crippen LogP contribution in [0.25, 0.3) is 21.3 Å². The lowest BCUT2D eigenvalue weighted by atomic mass is 10.0. The highest BCUT2D eigenvalue weighted by Crippen LogP contribution is 2.43.